The number of anilines is 1. The van der Waals surface area contributed by atoms with E-state index in [0.717, 1.165) is 17.5 Å². The fraction of sp³-hybridized carbons (Fsp3) is 0.400. The topological polar surface area (TPSA) is 84.2 Å². The fourth-order valence-corrected chi connectivity index (χ4v) is 1.72. The van der Waals surface area contributed by atoms with E-state index in [-0.39, 0.29) is 0 Å². The van der Waals surface area contributed by atoms with Crippen LogP contribution in [0.25, 0.3) is 0 Å². The zero-order chi connectivity index (χ0) is 12.0. The molecule has 0 aromatic heterocycles. The average Bonchev–Trinajstić information content (AvgIpc) is 2.18. The quantitative estimate of drug-likeness (QED) is 0.481. The summed E-state index contributed by atoms with van der Waals surface area (Å²) in [5, 5.41) is 3.11. The maximum Gasteiger partial charge on any atom is 0.208 e. The molecule has 0 heterocycles. The smallest absolute Gasteiger partial charge is 0.208 e. The number of hydrogen-bond acceptors (Lipinski definition) is 4. The molecule has 0 bridgehead atoms. The summed E-state index contributed by atoms with van der Waals surface area (Å²) in [6.07, 6.45) is 1.14. The second kappa shape index (κ2) is 5.83. The third-order valence-electron chi connectivity index (χ3n) is 2.04. The summed E-state index contributed by atoms with van der Waals surface area (Å²) in [4.78, 5) is 0. The van der Waals surface area contributed by atoms with E-state index in [0.29, 0.717) is 19.6 Å². The molecule has 16 heavy (non-hydrogen) atoms. The molecule has 90 valence electrons. The highest BCUT2D eigenvalue weighted by Gasteiger charge is 1.99. The Morgan fingerprint density at radius 3 is 2.56 bits per heavy atom. The standard InChI is InChI=1S/C10H17N3O2S/c1-16(14,15)13-7-6-12-8-9-4-2-3-5-10(9)11/h2-5,12-13H,6-8,11H2,1H3. The van der Waals surface area contributed by atoms with Crippen LogP contribution in [0.15, 0.2) is 24.3 Å². The van der Waals surface area contributed by atoms with Crippen LogP contribution in [-0.4, -0.2) is 27.8 Å². The normalized spacial score (nSPS) is 11.6. The van der Waals surface area contributed by atoms with Gasteiger partial charge in [-0.1, -0.05) is 18.2 Å². The van der Waals surface area contributed by atoms with Crippen LogP contribution in [0, 0.1) is 0 Å². The summed E-state index contributed by atoms with van der Waals surface area (Å²) in [6.45, 7) is 1.59. The van der Waals surface area contributed by atoms with Crippen LogP contribution < -0.4 is 15.8 Å². The van der Waals surface area contributed by atoms with Crippen molar-refractivity contribution in [3.05, 3.63) is 29.8 Å². The van der Waals surface area contributed by atoms with Crippen molar-refractivity contribution in [3.8, 4) is 0 Å². The van der Waals surface area contributed by atoms with Crippen LogP contribution in [0.4, 0.5) is 5.69 Å². The van der Waals surface area contributed by atoms with Gasteiger partial charge in [0.1, 0.15) is 0 Å². The lowest BCUT2D eigenvalue weighted by Gasteiger charge is -2.07. The maximum absolute atomic E-state index is 10.8. The van der Waals surface area contributed by atoms with Crippen molar-refractivity contribution in [2.24, 2.45) is 0 Å². The molecule has 1 aromatic rings. The van der Waals surface area contributed by atoms with E-state index < -0.39 is 10.0 Å². The predicted molar refractivity (Wildman–Crippen MR) is 65.4 cm³/mol. The van der Waals surface area contributed by atoms with Crippen molar-refractivity contribution in [2.75, 3.05) is 25.1 Å². The van der Waals surface area contributed by atoms with Crippen molar-refractivity contribution in [3.63, 3.8) is 0 Å². The van der Waals surface area contributed by atoms with Gasteiger partial charge in [-0.25, -0.2) is 13.1 Å². The Labute approximate surface area is 96.1 Å². The van der Waals surface area contributed by atoms with E-state index >= 15 is 0 Å². The minimum absolute atomic E-state index is 0.381. The van der Waals surface area contributed by atoms with E-state index in [1.165, 1.54) is 0 Å². The predicted octanol–water partition coefficient (Wildman–Crippen LogP) is -0.0924. The molecule has 0 amide bonds. The van der Waals surface area contributed by atoms with Gasteiger partial charge >= 0.3 is 0 Å². The van der Waals surface area contributed by atoms with E-state index in [1.54, 1.807) is 0 Å². The zero-order valence-corrected chi connectivity index (χ0v) is 10.0. The van der Waals surface area contributed by atoms with Crippen molar-refractivity contribution in [1.29, 1.82) is 0 Å². The molecule has 1 aromatic carbocycles. The van der Waals surface area contributed by atoms with E-state index in [9.17, 15) is 8.42 Å². The van der Waals surface area contributed by atoms with E-state index in [2.05, 4.69) is 10.0 Å². The Morgan fingerprint density at radius 2 is 1.94 bits per heavy atom. The monoisotopic (exact) mass is 243 g/mol. The molecule has 0 saturated carbocycles. The van der Waals surface area contributed by atoms with Gasteiger partial charge in [0.15, 0.2) is 0 Å². The maximum atomic E-state index is 10.8. The summed E-state index contributed by atoms with van der Waals surface area (Å²) in [7, 11) is -3.09. The van der Waals surface area contributed by atoms with Crippen LogP contribution >= 0.6 is 0 Å². The summed E-state index contributed by atoms with van der Waals surface area (Å²) in [5.74, 6) is 0. The molecule has 5 nitrogen and oxygen atoms in total. The van der Waals surface area contributed by atoms with Gasteiger partial charge in [0.05, 0.1) is 6.26 Å². The molecule has 0 aliphatic carbocycles. The molecular weight excluding hydrogens is 226 g/mol. The van der Waals surface area contributed by atoms with Gasteiger partial charge in [-0.15, -0.1) is 0 Å². The first-order valence-electron chi connectivity index (χ1n) is 4.98. The largest absolute Gasteiger partial charge is 0.398 e. The van der Waals surface area contributed by atoms with Crippen LogP contribution in [0.5, 0.6) is 0 Å². The van der Waals surface area contributed by atoms with Gasteiger partial charge < -0.3 is 11.1 Å². The highest BCUT2D eigenvalue weighted by molar-refractivity contribution is 7.88. The summed E-state index contributed by atoms with van der Waals surface area (Å²) < 4.78 is 23.9. The van der Waals surface area contributed by atoms with Gasteiger partial charge in [0.2, 0.25) is 10.0 Å². The number of rotatable bonds is 6. The SMILES string of the molecule is CS(=O)(=O)NCCNCc1ccccc1N. The first-order valence-corrected chi connectivity index (χ1v) is 6.87. The molecule has 4 N–H and O–H groups in total. The first-order chi connectivity index (χ1) is 7.49. The Morgan fingerprint density at radius 1 is 1.25 bits per heavy atom. The number of hydrogen-bond donors (Lipinski definition) is 3. The Balaban J connectivity index is 2.24. The van der Waals surface area contributed by atoms with E-state index in [1.807, 2.05) is 24.3 Å². The Hall–Kier alpha value is -1.11. The van der Waals surface area contributed by atoms with Gasteiger partial charge in [0.25, 0.3) is 0 Å². The highest BCUT2D eigenvalue weighted by Crippen LogP contribution is 2.09. The minimum atomic E-state index is -3.09. The summed E-state index contributed by atoms with van der Waals surface area (Å²) >= 11 is 0. The molecular formula is C10H17N3O2S. The first kappa shape index (κ1) is 13.0. The molecule has 0 aliphatic heterocycles. The van der Waals surface area contributed by atoms with Gasteiger partial charge in [0, 0.05) is 25.3 Å². The third kappa shape index (κ3) is 5.11. The number of sulfonamides is 1. The van der Waals surface area contributed by atoms with Gasteiger partial charge in [-0.3, -0.25) is 0 Å². The molecule has 0 aliphatic rings. The van der Waals surface area contributed by atoms with Crippen LogP contribution in [0.3, 0.4) is 0 Å². The van der Waals surface area contributed by atoms with Crippen molar-refractivity contribution >= 4 is 15.7 Å². The van der Waals surface area contributed by atoms with Gasteiger partial charge in [-0.2, -0.15) is 0 Å². The minimum Gasteiger partial charge on any atom is -0.398 e. The molecule has 1 rings (SSSR count). The van der Waals surface area contributed by atoms with Crippen LogP contribution in [0.1, 0.15) is 5.56 Å². The summed E-state index contributed by atoms with van der Waals surface area (Å²) in [6, 6.07) is 7.57. The second-order valence-corrected chi connectivity index (χ2v) is 5.38. The third-order valence-corrected chi connectivity index (χ3v) is 2.77. The van der Waals surface area contributed by atoms with E-state index in [4.69, 9.17) is 5.73 Å². The molecule has 0 atom stereocenters. The lowest BCUT2D eigenvalue weighted by Crippen LogP contribution is -2.30. The van der Waals surface area contributed by atoms with Gasteiger partial charge in [-0.05, 0) is 11.6 Å². The summed E-state index contributed by atoms with van der Waals surface area (Å²) in [5.41, 5.74) is 7.51. The van der Waals surface area contributed by atoms with Crippen molar-refractivity contribution in [2.45, 2.75) is 6.54 Å². The molecule has 0 fully saturated rings. The highest BCUT2D eigenvalue weighted by atomic mass is 32.2. The van der Waals surface area contributed by atoms with Crippen molar-refractivity contribution < 1.29 is 8.42 Å². The number of benzene rings is 1. The Kier molecular flexibility index (Phi) is 4.72. The zero-order valence-electron chi connectivity index (χ0n) is 9.23. The van der Waals surface area contributed by atoms with Crippen molar-refractivity contribution in [1.82, 2.24) is 10.0 Å². The Bertz CT molecular complexity index is 431. The molecule has 0 spiro atoms. The number of para-hydroxylation sites is 1. The number of nitrogens with two attached hydrogens (primary N) is 1. The lowest BCUT2D eigenvalue weighted by atomic mass is 10.2. The number of nitrogen functional groups attached to an aromatic ring is 1. The number of nitrogens with one attached hydrogen (secondary N) is 2. The van der Waals surface area contributed by atoms with Crippen LogP contribution in [0.2, 0.25) is 0 Å². The van der Waals surface area contributed by atoms with Crippen LogP contribution in [-0.2, 0) is 16.6 Å². The lowest BCUT2D eigenvalue weighted by molar-refractivity contribution is 0.582. The molecule has 0 radical (unpaired) electrons. The fourth-order valence-electron chi connectivity index (χ4n) is 1.24. The second-order valence-electron chi connectivity index (χ2n) is 3.54. The molecule has 0 unspecified atom stereocenters. The molecule has 6 heteroatoms. The average molecular weight is 243 g/mol. The molecule has 0 saturated heterocycles.